The number of carbonyl (C=O) groups is 1. The van der Waals surface area contributed by atoms with Crippen molar-refractivity contribution in [2.75, 3.05) is 47.9 Å². The molecule has 0 aromatic rings. The first-order chi connectivity index (χ1) is 8.41. The molecular weight excluding hydrogens is 232 g/mol. The number of hydrogen-bond donors (Lipinski definition) is 1. The van der Waals surface area contributed by atoms with Crippen molar-refractivity contribution in [2.24, 2.45) is 0 Å². The van der Waals surface area contributed by atoms with Crippen molar-refractivity contribution < 1.29 is 14.6 Å². The summed E-state index contributed by atoms with van der Waals surface area (Å²) >= 11 is 0. The summed E-state index contributed by atoms with van der Waals surface area (Å²) in [5, 5.41) is 8.51. The van der Waals surface area contributed by atoms with Gasteiger partial charge in [0.05, 0.1) is 6.10 Å². The Bertz CT molecular complexity index is 210. The number of carboxylic acid groups (broad SMARTS) is 1. The first kappa shape index (κ1) is 17.4. The molecule has 0 atom stereocenters. The fraction of sp³-hybridized carbons (Fsp3) is 0.923. The third-order valence-electron chi connectivity index (χ3n) is 2.53. The minimum Gasteiger partial charge on any atom is -0.481 e. The molecule has 0 rings (SSSR count). The molecule has 0 aromatic carbocycles. The van der Waals surface area contributed by atoms with Crippen molar-refractivity contribution in [2.45, 2.75) is 31.8 Å². The third-order valence-corrected chi connectivity index (χ3v) is 2.53. The molecule has 18 heavy (non-hydrogen) atoms. The smallest absolute Gasteiger partial charge is 0.303 e. The van der Waals surface area contributed by atoms with Crippen molar-refractivity contribution >= 4 is 5.97 Å². The topological polar surface area (TPSA) is 53.0 Å². The highest BCUT2D eigenvalue weighted by atomic mass is 16.5. The van der Waals surface area contributed by atoms with Crippen LogP contribution in [0.15, 0.2) is 0 Å². The van der Waals surface area contributed by atoms with E-state index in [2.05, 4.69) is 9.80 Å². The second-order valence-electron chi connectivity index (χ2n) is 5.22. The van der Waals surface area contributed by atoms with Crippen molar-refractivity contribution in [3.63, 3.8) is 0 Å². The van der Waals surface area contributed by atoms with E-state index in [-0.39, 0.29) is 12.5 Å². The largest absolute Gasteiger partial charge is 0.481 e. The molecule has 0 amide bonds. The van der Waals surface area contributed by atoms with Crippen LogP contribution in [0.4, 0.5) is 0 Å². The lowest BCUT2D eigenvalue weighted by Gasteiger charge is -2.24. The van der Waals surface area contributed by atoms with Crippen LogP contribution in [0.5, 0.6) is 0 Å². The Morgan fingerprint density at radius 1 is 1.06 bits per heavy atom. The van der Waals surface area contributed by atoms with Crippen LogP contribution in [0.1, 0.15) is 25.7 Å². The summed E-state index contributed by atoms with van der Waals surface area (Å²) in [6, 6.07) is 0. The Hall–Kier alpha value is -0.650. The number of likely N-dealkylation sites (N-methyl/N-ethyl adjacent to an activating group) is 2. The van der Waals surface area contributed by atoms with Gasteiger partial charge in [0.15, 0.2) is 0 Å². The van der Waals surface area contributed by atoms with E-state index >= 15 is 0 Å². The monoisotopic (exact) mass is 260 g/mol. The van der Waals surface area contributed by atoms with Gasteiger partial charge in [-0.25, -0.2) is 0 Å². The zero-order chi connectivity index (χ0) is 14.0. The van der Waals surface area contributed by atoms with Gasteiger partial charge in [-0.2, -0.15) is 0 Å². The molecule has 0 heterocycles. The Balaban J connectivity index is 3.65. The normalized spacial score (nSPS) is 11.7. The average Bonchev–Trinajstić information content (AvgIpc) is 2.20. The van der Waals surface area contributed by atoms with Crippen molar-refractivity contribution in [3.05, 3.63) is 0 Å². The molecule has 108 valence electrons. The van der Waals surface area contributed by atoms with Gasteiger partial charge in [0.1, 0.15) is 0 Å². The molecule has 0 radical (unpaired) electrons. The predicted molar refractivity (Wildman–Crippen MR) is 73.0 cm³/mol. The van der Waals surface area contributed by atoms with Crippen LogP contribution in [0, 0.1) is 0 Å². The summed E-state index contributed by atoms with van der Waals surface area (Å²) in [5.41, 5.74) is 0. The van der Waals surface area contributed by atoms with Crippen molar-refractivity contribution in [3.8, 4) is 0 Å². The molecule has 0 saturated carbocycles. The van der Waals surface area contributed by atoms with Gasteiger partial charge in [-0.15, -0.1) is 0 Å². The molecule has 0 aliphatic heterocycles. The number of ether oxygens (including phenoxy) is 1. The summed E-state index contributed by atoms with van der Waals surface area (Å²) in [6.07, 6.45) is 3.08. The number of unbranched alkanes of at least 4 members (excludes halogenated alkanes) is 2. The first-order valence-electron chi connectivity index (χ1n) is 6.54. The Morgan fingerprint density at radius 2 is 1.61 bits per heavy atom. The summed E-state index contributed by atoms with van der Waals surface area (Å²) in [5.74, 6) is -0.714. The first-order valence-corrected chi connectivity index (χ1v) is 6.54. The van der Waals surface area contributed by atoms with Gasteiger partial charge in [0.2, 0.25) is 0 Å². The number of rotatable bonds is 11. The van der Waals surface area contributed by atoms with E-state index in [1.165, 1.54) is 0 Å². The van der Waals surface area contributed by atoms with Crippen LogP contribution in [-0.4, -0.2) is 74.9 Å². The highest BCUT2D eigenvalue weighted by molar-refractivity contribution is 5.66. The van der Waals surface area contributed by atoms with Gasteiger partial charge in [0.25, 0.3) is 0 Å². The quantitative estimate of drug-likeness (QED) is 0.565. The summed E-state index contributed by atoms with van der Waals surface area (Å²) in [6.45, 7) is 2.53. The van der Waals surface area contributed by atoms with E-state index in [0.29, 0.717) is 6.61 Å². The number of aliphatic carboxylic acids is 1. The lowest BCUT2D eigenvalue weighted by Crippen LogP contribution is -2.36. The summed E-state index contributed by atoms with van der Waals surface area (Å²) in [4.78, 5) is 14.6. The number of carboxylic acids is 1. The summed E-state index contributed by atoms with van der Waals surface area (Å²) < 4.78 is 5.84. The zero-order valence-electron chi connectivity index (χ0n) is 12.2. The molecule has 0 spiro atoms. The lowest BCUT2D eigenvalue weighted by atomic mass is 10.2. The molecule has 0 unspecified atom stereocenters. The minimum absolute atomic E-state index is 0.217. The molecule has 0 bridgehead atoms. The molecular formula is C13H28N2O3. The van der Waals surface area contributed by atoms with Crippen LogP contribution in [0.2, 0.25) is 0 Å². The lowest BCUT2D eigenvalue weighted by molar-refractivity contribution is -0.137. The van der Waals surface area contributed by atoms with Crippen LogP contribution in [0.25, 0.3) is 0 Å². The second kappa shape index (κ2) is 10.3. The van der Waals surface area contributed by atoms with Gasteiger partial charge in [-0.1, -0.05) is 6.42 Å². The van der Waals surface area contributed by atoms with Gasteiger partial charge in [-0.3, -0.25) is 4.79 Å². The third kappa shape index (κ3) is 11.8. The Morgan fingerprint density at radius 3 is 2.06 bits per heavy atom. The molecule has 5 heteroatoms. The van der Waals surface area contributed by atoms with E-state index in [9.17, 15) is 4.79 Å². The van der Waals surface area contributed by atoms with Crippen molar-refractivity contribution in [1.82, 2.24) is 9.80 Å². The van der Waals surface area contributed by atoms with Crippen LogP contribution in [0.3, 0.4) is 0 Å². The molecule has 0 fully saturated rings. The van der Waals surface area contributed by atoms with E-state index in [1.807, 2.05) is 28.2 Å². The molecule has 0 saturated heterocycles. The molecule has 5 nitrogen and oxygen atoms in total. The highest BCUT2D eigenvalue weighted by Crippen LogP contribution is 2.03. The zero-order valence-corrected chi connectivity index (χ0v) is 12.2. The fourth-order valence-corrected chi connectivity index (χ4v) is 1.78. The van der Waals surface area contributed by atoms with Gasteiger partial charge >= 0.3 is 5.97 Å². The Kier molecular flexibility index (Phi) is 9.92. The van der Waals surface area contributed by atoms with Crippen LogP contribution >= 0.6 is 0 Å². The molecule has 1 N–H and O–H groups in total. The van der Waals surface area contributed by atoms with Gasteiger partial charge < -0.3 is 19.6 Å². The number of hydrogen-bond acceptors (Lipinski definition) is 4. The minimum atomic E-state index is -0.714. The Labute approximate surface area is 111 Å². The molecule has 0 aliphatic carbocycles. The van der Waals surface area contributed by atoms with E-state index in [1.54, 1.807) is 0 Å². The standard InChI is InChI=1S/C13H28N2O3/c1-14(2)10-12(11-15(3)4)18-9-7-5-6-8-13(16)17/h12H,5-11H2,1-4H3,(H,16,17). The van der Waals surface area contributed by atoms with Gasteiger partial charge in [0, 0.05) is 26.1 Å². The van der Waals surface area contributed by atoms with E-state index < -0.39 is 5.97 Å². The maximum absolute atomic E-state index is 10.3. The molecule has 0 aromatic heterocycles. The van der Waals surface area contributed by atoms with Crippen LogP contribution < -0.4 is 0 Å². The van der Waals surface area contributed by atoms with Crippen LogP contribution in [-0.2, 0) is 9.53 Å². The van der Waals surface area contributed by atoms with Gasteiger partial charge in [-0.05, 0) is 41.0 Å². The van der Waals surface area contributed by atoms with E-state index in [0.717, 1.165) is 32.4 Å². The van der Waals surface area contributed by atoms with E-state index in [4.69, 9.17) is 9.84 Å². The fourth-order valence-electron chi connectivity index (χ4n) is 1.78. The highest BCUT2D eigenvalue weighted by Gasteiger charge is 2.11. The maximum atomic E-state index is 10.3. The predicted octanol–water partition coefficient (Wildman–Crippen LogP) is 1.14. The second-order valence-corrected chi connectivity index (χ2v) is 5.22. The maximum Gasteiger partial charge on any atom is 0.303 e. The number of nitrogens with zero attached hydrogens (tertiary/aromatic N) is 2. The van der Waals surface area contributed by atoms with Crippen molar-refractivity contribution in [1.29, 1.82) is 0 Å². The average molecular weight is 260 g/mol. The summed E-state index contributed by atoms with van der Waals surface area (Å²) in [7, 11) is 8.16. The molecule has 0 aliphatic rings. The SMILES string of the molecule is CN(C)CC(CN(C)C)OCCCCCC(=O)O.